The normalized spacial score (nSPS) is 21.3. The fraction of sp³-hybridized carbons (Fsp3) is 0.462. The Labute approximate surface area is 195 Å². The van der Waals surface area contributed by atoms with Crippen LogP contribution in [0.4, 0.5) is 0 Å². The van der Waals surface area contributed by atoms with E-state index in [1.54, 1.807) is 29.1 Å². The van der Waals surface area contributed by atoms with Crippen molar-refractivity contribution in [3.8, 4) is 11.1 Å². The van der Waals surface area contributed by atoms with Crippen molar-refractivity contribution in [3.63, 3.8) is 0 Å². The number of carbonyl (C=O) groups is 3. The predicted molar refractivity (Wildman–Crippen MR) is 126 cm³/mol. The van der Waals surface area contributed by atoms with Gasteiger partial charge in [0.25, 0.3) is 0 Å². The number of hydrogen-bond donors (Lipinski definition) is 1. The Morgan fingerprint density at radius 1 is 1.15 bits per heavy atom. The average molecular weight is 449 g/mol. The molecular weight excluding hydrogens is 416 g/mol. The Kier molecular flexibility index (Phi) is 6.77. The van der Waals surface area contributed by atoms with Gasteiger partial charge in [-0.05, 0) is 61.9 Å². The van der Waals surface area contributed by atoms with Crippen LogP contribution < -0.4 is 5.32 Å². The maximum absolute atomic E-state index is 13.3. The third-order valence-corrected chi connectivity index (χ3v) is 6.90. The standard InChI is InChI=1S/C26H32N4O3/c1-3-28-25(33)26(17-20-6-4-7-22(16-20)21-9-12-27-13-10-21)11-15-29(18-26)24(32)19(2)30-14-5-8-23(30)31/h4,6-7,9-10,12-13,16,19H,3,5,8,11,14-15,17-18H2,1-2H3,(H,28,33)/t19-,26+/m0/s1. The number of nitrogens with zero attached hydrogens (tertiary/aromatic N) is 3. The Morgan fingerprint density at radius 2 is 1.94 bits per heavy atom. The van der Waals surface area contributed by atoms with Crippen molar-refractivity contribution in [1.29, 1.82) is 0 Å². The molecule has 33 heavy (non-hydrogen) atoms. The Morgan fingerprint density at radius 3 is 2.64 bits per heavy atom. The number of benzene rings is 1. The van der Waals surface area contributed by atoms with Gasteiger partial charge in [0.05, 0.1) is 5.41 Å². The Hall–Kier alpha value is -3.22. The lowest BCUT2D eigenvalue weighted by atomic mass is 9.79. The van der Waals surface area contributed by atoms with Crippen LogP contribution in [0.3, 0.4) is 0 Å². The molecule has 2 atom stereocenters. The van der Waals surface area contributed by atoms with E-state index in [4.69, 9.17) is 0 Å². The number of aromatic nitrogens is 1. The van der Waals surface area contributed by atoms with E-state index in [0.717, 1.165) is 23.1 Å². The first kappa shape index (κ1) is 23.0. The summed E-state index contributed by atoms with van der Waals surface area (Å²) in [6, 6.07) is 11.7. The van der Waals surface area contributed by atoms with Crippen LogP contribution in [0, 0.1) is 5.41 Å². The third-order valence-electron chi connectivity index (χ3n) is 6.90. The van der Waals surface area contributed by atoms with Gasteiger partial charge in [-0.2, -0.15) is 0 Å². The van der Waals surface area contributed by atoms with Gasteiger partial charge in [0.1, 0.15) is 6.04 Å². The van der Waals surface area contributed by atoms with Crippen LogP contribution in [0.1, 0.15) is 38.7 Å². The van der Waals surface area contributed by atoms with Crippen molar-refractivity contribution in [3.05, 3.63) is 54.4 Å². The molecule has 2 fully saturated rings. The summed E-state index contributed by atoms with van der Waals surface area (Å²) in [5, 5.41) is 3.00. The van der Waals surface area contributed by atoms with E-state index in [1.807, 2.05) is 31.2 Å². The Balaban J connectivity index is 1.55. The topological polar surface area (TPSA) is 82.6 Å². The second-order valence-corrected chi connectivity index (χ2v) is 9.13. The molecule has 7 nitrogen and oxygen atoms in total. The first-order chi connectivity index (χ1) is 15.9. The van der Waals surface area contributed by atoms with Crippen LogP contribution >= 0.6 is 0 Å². The van der Waals surface area contributed by atoms with Crippen molar-refractivity contribution in [1.82, 2.24) is 20.1 Å². The fourth-order valence-corrected chi connectivity index (χ4v) is 5.09. The van der Waals surface area contributed by atoms with E-state index >= 15 is 0 Å². The minimum atomic E-state index is -0.683. The van der Waals surface area contributed by atoms with Crippen LogP contribution in [0.15, 0.2) is 48.8 Å². The smallest absolute Gasteiger partial charge is 0.245 e. The van der Waals surface area contributed by atoms with Gasteiger partial charge in [-0.25, -0.2) is 0 Å². The molecule has 1 aromatic carbocycles. The lowest BCUT2D eigenvalue weighted by Crippen LogP contribution is -2.49. The van der Waals surface area contributed by atoms with Gasteiger partial charge in [0, 0.05) is 45.0 Å². The molecule has 0 aliphatic carbocycles. The zero-order valence-electron chi connectivity index (χ0n) is 19.4. The Bertz CT molecular complexity index is 1030. The van der Waals surface area contributed by atoms with Gasteiger partial charge in [-0.15, -0.1) is 0 Å². The summed E-state index contributed by atoms with van der Waals surface area (Å²) >= 11 is 0. The van der Waals surface area contributed by atoms with Crippen LogP contribution in [-0.2, 0) is 20.8 Å². The summed E-state index contributed by atoms with van der Waals surface area (Å²) in [7, 11) is 0. The second-order valence-electron chi connectivity index (χ2n) is 9.13. The van der Waals surface area contributed by atoms with Gasteiger partial charge in [-0.3, -0.25) is 19.4 Å². The number of carbonyl (C=O) groups excluding carboxylic acids is 3. The number of hydrogen-bond acceptors (Lipinski definition) is 4. The number of likely N-dealkylation sites (tertiary alicyclic amines) is 2. The highest BCUT2D eigenvalue weighted by Crippen LogP contribution is 2.36. The van der Waals surface area contributed by atoms with E-state index in [1.165, 1.54) is 0 Å². The van der Waals surface area contributed by atoms with Crippen molar-refractivity contribution in [2.24, 2.45) is 5.41 Å². The predicted octanol–water partition coefficient (Wildman–Crippen LogP) is 2.66. The molecule has 2 aliphatic rings. The minimum Gasteiger partial charge on any atom is -0.356 e. The SMILES string of the molecule is CCNC(=O)[C@@]1(Cc2cccc(-c3ccncc3)c2)CCN(C(=O)[C@H](C)N2CCCC2=O)C1. The first-order valence-corrected chi connectivity index (χ1v) is 11.8. The van der Waals surface area contributed by atoms with Gasteiger partial charge in [0.15, 0.2) is 0 Å². The molecule has 1 aromatic heterocycles. The quantitative estimate of drug-likeness (QED) is 0.706. The monoisotopic (exact) mass is 448 g/mol. The lowest BCUT2D eigenvalue weighted by molar-refractivity contribution is -0.143. The van der Waals surface area contributed by atoms with E-state index in [2.05, 4.69) is 22.4 Å². The summed E-state index contributed by atoms with van der Waals surface area (Å²) in [5.41, 5.74) is 2.53. The zero-order chi connectivity index (χ0) is 23.4. The summed E-state index contributed by atoms with van der Waals surface area (Å²) in [5.74, 6) is -0.0422. The summed E-state index contributed by atoms with van der Waals surface area (Å²) in [4.78, 5) is 46.2. The fourth-order valence-electron chi connectivity index (χ4n) is 5.09. The highest BCUT2D eigenvalue weighted by atomic mass is 16.2. The first-order valence-electron chi connectivity index (χ1n) is 11.8. The number of amides is 3. The van der Waals surface area contributed by atoms with Gasteiger partial charge in [-0.1, -0.05) is 24.3 Å². The molecule has 0 unspecified atom stereocenters. The molecule has 3 amide bonds. The molecule has 2 aromatic rings. The highest BCUT2D eigenvalue weighted by Gasteiger charge is 2.47. The van der Waals surface area contributed by atoms with Crippen molar-refractivity contribution < 1.29 is 14.4 Å². The second kappa shape index (κ2) is 9.73. The van der Waals surface area contributed by atoms with Crippen LogP contribution in [0.25, 0.3) is 11.1 Å². The highest BCUT2D eigenvalue weighted by molar-refractivity contribution is 5.90. The molecule has 0 saturated carbocycles. The number of rotatable bonds is 7. The molecule has 0 bridgehead atoms. The third kappa shape index (κ3) is 4.77. The molecule has 4 rings (SSSR count). The summed E-state index contributed by atoms with van der Waals surface area (Å²) in [6.45, 7) is 5.77. The maximum atomic E-state index is 13.3. The molecule has 2 aliphatic heterocycles. The molecule has 2 saturated heterocycles. The molecule has 7 heteroatoms. The lowest BCUT2D eigenvalue weighted by Gasteiger charge is -2.31. The molecular formula is C26H32N4O3. The van der Waals surface area contributed by atoms with E-state index < -0.39 is 11.5 Å². The van der Waals surface area contributed by atoms with Crippen molar-refractivity contribution in [2.45, 2.75) is 45.6 Å². The van der Waals surface area contributed by atoms with E-state index in [0.29, 0.717) is 45.4 Å². The van der Waals surface area contributed by atoms with Crippen molar-refractivity contribution >= 4 is 17.7 Å². The maximum Gasteiger partial charge on any atom is 0.245 e. The minimum absolute atomic E-state index is 0.0143. The van der Waals surface area contributed by atoms with Gasteiger partial charge in [0.2, 0.25) is 17.7 Å². The molecule has 0 spiro atoms. The largest absolute Gasteiger partial charge is 0.356 e. The van der Waals surface area contributed by atoms with Gasteiger partial charge < -0.3 is 15.1 Å². The van der Waals surface area contributed by atoms with Crippen LogP contribution in [0.2, 0.25) is 0 Å². The summed E-state index contributed by atoms with van der Waals surface area (Å²) in [6.07, 6.45) is 6.00. The van der Waals surface area contributed by atoms with E-state index in [9.17, 15) is 14.4 Å². The van der Waals surface area contributed by atoms with Gasteiger partial charge >= 0.3 is 0 Å². The number of nitrogens with one attached hydrogen (secondary N) is 1. The molecule has 3 heterocycles. The summed E-state index contributed by atoms with van der Waals surface area (Å²) < 4.78 is 0. The van der Waals surface area contributed by atoms with Crippen LogP contribution in [-0.4, -0.2) is 64.7 Å². The number of pyridine rings is 1. The van der Waals surface area contributed by atoms with Crippen LogP contribution in [0.5, 0.6) is 0 Å². The zero-order valence-corrected chi connectivity index (χ0v) is 19.4. The molecule has 174 valence electrons. The molecule has 1 N–H and O–H groups in total. The average Bonchev–Trinajstić information content (AvgIpc) is 3.46. The van der Waals surface area contributed by atoms with E-state index in [-0.39, 0.29) is 17.7 Å². The van der Waals surface area contributed by atoms with Crippen molar-refractivity contribution in [2.75, 3.05) is 26.2 Å². The molecule has 0 radical (unpaired) electrons.